The van der Waals surface area contributed by atoms with E-state index in [-0.39, 0.29) is 0 Å². The summed E-state index contributed by atoms with van der Waals surface area (Å²) in [6, 6.07) is 0. The van der Waals surface area contributed by atoms with Crippen LogP contribution in [0.1, 0.15) is 32.1 Å². The van der Waals surface area contributed by atoms with Crippen molar-refractivity contribution in [1.29, 1.82) is 0 Å². The molecule has 80 valence electrons. The minimum Gasteiger partial charge on any atom is -0.342 e. The summed E-state index contributed by atoms with van der Waals surface area (Å²) in [4.78, 5) is 14.2. The van der Waals surface area contributed by atoms with E-state index < -0.39 is 0 Å². The Morgan fingerprint density at radius 3 is 2.43 bits per heavy atom. The van der Waals surface area contributed by atoms with E-state index in [1.165, 1.54) is 31.4 Å². The Balaban J connectivity index is 1.88. The van der Waals surface area contributed by atoms with E-state index in [1.807, 2.05) is 11.8 Å². The number of hydrogen-bond acceptors (Lipinski definition) is 2. The van der Waals surface area contributed by atoms with Gasteiger partial charge in [-0.15, -0.1) is 0 Å². The quantitative estimate of drug-likeness (QED) is 0.665. The largest absolute Gasteiger partial charge is 0.342 e. The molecule has 0 bridgehead atoms. The number of hydrogen-bond donors (Lipinski definition) is 0. The molecule has 2 nitrogen and oxygen atoms in total. The highest BCUT2D eigenvalue weighted by molar-refractivity contribution is 7.99. The van der Waals surface area contributed by atoms with Gasteiger partial charge in [0, 0.05) is 24.8 Å². The van der Waals surface area contributed by atoms with E-state index >= 15 is 0 Å². The first kappa shape index (κ1) is 10.3. The van der Waals surface area contributed by atoms with Crippen LogP contribution in [-0.2, 0) is 4.79 Å². The zero-order chi connectivity index (χ0) is 9.80. The number of carbonyl (C=O) groups is 1. The smallest absolute Gasteiger partial charge is 0.226 e. The third kappa shape index (κ3) is 2.44. The van der Waals surface area contributed by atoms with Gasteiger partial charge in [0.05, 0.1) is 0 Å². The molecule has 2 aliphatic heterocycles. The van der Waals surface area contributed by atoms with Crippen LogP contribution in [0.2, 0.25) is 0 Å². The van der Waals surface area contributed by atoms with Gasteiger partial charge in [0.1, 0.15) is 0 Å². The molecular weight excluding hydrogens is 194 g/mol. The summed E-state index contributed by atoms with van der Waals surface area (Å²) >= 11 is 1.93. The Labute approximate surface area is 90.4 Å². The first-order valence-electron chi connectivity index (χ1n) is 5.74. The van der Waals surface area contributed by atoms with Gasteiger partial charge in [-0.2, -0.15) is 11.8 Å². The molecule has 1 amide bonds. The van der Waals surface area contributed by atoms with Gasteiger partial charge in [-0.05, 0) is 25.0 Å². The van der Waals surface area contributed by atoms with Crippen molar-refractivity contribution in [2.24, 2.45) is 5.92 Å². The zero-order valence-electron chi connectivity index (χ0n) is 8.71. The second kappa shape index (κ2) is 5.06. The van der Waals surface area contributed by atoms with Crippen molar-refractivity contribution in [1.82, 2.24) is 4.90 Å². The molecule has 14 heavy (non-hydrogen) atoms. The van der Waals surface area contributed by atoms with E-state index in [1.54, 1.807) is 0 Å². The molecule has 2 rings (SSSR count). The summed E-state index contributed by atoms with van der Waals surface area (Å²) in [5.41, 5.74) is 0. The van der Waals surface area contributed by atoms with Gasteiger partial charge in [0.2, 0.25) is 5.91 Å². The molecule has 1 atom stereocenters. The molecule has 3 heteroatoms. The molecule has 2 saturated heterocycles. The summed E-state index contributed by atoms with van der Waals surface area (Å²) in [5.74, 6) is 3.04. The van der Waals surface area contributed by atoms with Gasteiger partial charge in [0.25, 0.3) is 0 Å². The van der Waals surface area contributed by atoms with E-state index in [4.69, 9.17) is 0 Å². The van der Waals surface area contributed by atoms with Crippen LogP contribution >= 0.6 is 11.8 Å². The van der Waals surface area contributed by atoms with Crippen LogP contribution in [-0.4, -0.2) is 35.4 Å². The number of rotatable bonds is 1. The maximum absolute atomic E-state index is 12.1. The molecule has 0 N–H and O–H groups in total. The van der Waals surface area contributed by atoms with Gasteiger partial charge in [-0.1, -0.05) is 12.8 Å². The highest BCUT2D eigenvalue weighted by atomic mass is 32.2. The van der Waals surface area contributed by atoms with Gasteiger partial charge < -0.3 is 4.90 Å². The molecule has 0 radical (unpaired) electrons. The lowest BCUT2D eigenvalue weighted by Gasteiger charge is -2.23. The monoisotopic (exact) mass is 213 g/mol. The predicted molar refractivity (Wildman–Crippen MR) is 60.5 cm³/mol. The Hall–Kier alpha value is -0.180. The summed E-state index contributed by atoms with van der Waals surface area (Å²) in [6.07, 6.45) is 6.16. The number of thioether (sulfide) groups is 1. The summed E-state index contributed by atoms with van der Waals surface area (Å²) in [7, 11) is 0. The number of likely N-dealkylation sites (tertiary alicyclic amines) is 1. The Morgan fingerprint density at radius 2 is 1.86 bits per heavy atom. The highest BCUT2D eigenvalue weighted by Gasteiger charge is 2.27. The highest BCUT2D eigenvalue weighted by Crippen LogP contribution is 2.26. The topological polar surface area (TPSA) is 20.3 Å². The lowest BCUT2D eigenvalue weighted by Crippen LogP contribution is -2.36. The van der Waals surface area contributed by atoms with Crippen LogP contribution in [0.25, 0.3) is 0 Å². The third-order valence-corrected chi connectivity index (χ3v) is 4.36. The maximum atomic E-state index is 12.1. The third-order valence-electron chi connectivity index (χ3n) is 3.20. The van der Waals surface area contributed by atoms with Crippen molar-refractivity contribution < 1.29 is 4.79 Å². The Morgan fingerprint density at radius 1 is 1.14 bits per heavy atom. The van der Waals surface area contributed by atoms with Crippen LogP contribution in [0, 0.1) is 5.92 Å². The van der Waals surface area contributed by atoms with Crippen molar-refractivity contribution in [2.75, 3.05) is 24.6 Å². The second-order valence-electron chi connectivity index (χ2n) is 4.30. The first-order chi connectivity index (χ1) is 6.88. The summed E-state index contributed by atoms with van der Waals surface area (Å²) in [5, 5.41) is 0. The first-order valence-corrected chi connectivity index (χ1v) is 6.90. The molecule has 0 spiro atoms. The molecule has 2 aliphatic rings. The number of nitrogens with zero attached hydrogens (tertiary/aromatic N) is 1. The summed E-state index contributed by atoms with van der Waals surface area (Å²) in [6.45, 7) is 2.03. The minimum atomic E-state index is 0.345. The predicted octanol–water partition coefficient (Wildman–Crippen LogP) is 2.14. The normalized spacial score (nSPS) is 28.9. The molecule has 1 unspecified atom stereocenters. The Bertz CT molecular complexity index is 193. The van der Waals surface area contributed by atoms with Crippen LogP contribution in [0.15, 0.2) is 0 Å². The fourth-order valence-electron chi connectivity index (χ4n) is 2.28. The van der Waals surface area contributed by atoms with Crippen molar-refractivity contribution in [3.8, 4) is 0 Å². The molecule has 2 heterocycles. The van der Waals surface area contributed by atoms with Gasteiger partial charge in [-0.3, -0.25) is 4.79 Å². The van der Waals surface area contributed by atoms with Crippen molar-refractivity contribution in [3.05, 3.63) is 0 Å². The molecule has 0 aliphatic carbocycles. The maximum Gasteiger partial charge on any atom is 0.226 e. The molecule has 0 aromatic carbocycles. The van der Waals surface area contributed by atoms with Gasteiger partial charge in [-0.25, -0.2) is 0 Å². The SMILES string of the molecule is O=C(C1CCSC1)N1CCCCCC1. The van der Waals surface area contributed by atoms with Crippen molar-refractivity contribution in [3.63, 3.8) is 0 Å². The van der Waals surface area contributed by atoms with Crippen molar-refractivity contribution >= 4 is 17.7 Å². The van der Waals surface area contributed by atoms with Crippen LogP contribution in [0.5, 0.6) is 0 Å². The number of carbonyl (C=O) groups excluding carboxylic acids is 1. The summed E-state index contributed by atoms with van der Waals surface area (Å²) < 4.78 is 0. The lowest BCUT2D eigenvalue weighted by molar-refractivity contribution is -0.134. The van der Waals surface area contributed by atoms with E-state index in [0.29, 0.717) is 11.8 Å². The molecule has 0 aromatic heterocycles. The average Bonchev–Trinajstić information content (AvgIpc) is 2.59. The standard InChI is InChI=1S/C11H19NOS/c13-11(10-5-8-14-9-10)12-6-3-1-2-4-7-12/h10H,1-9H2. The lowest BCUT2D eigenvalue weighted by atomic mass is 10.1. The van der Waals surface area contributed by atoms with E-state index in [9.17, 15) is 4.79 Å². The fraction of sp³-hybridized carbons (Fsp3) is 0.909. The van der Waals surface area contributed by atoms with Gasteiger partial charge in [0.15, 0.2) is 0 Å². The van der Waals surface area contributed by atoms with Crippen LogP contribution < -0.4 is 0 Å². The molecule has 0 saturated carbocycles. The fourth-order valence-corrected chi connectivity index (χ4v) is 3.49. The molecular formula is C11H19NOS. The zero-order valence-corrected chi connectivity index (χ0v) is 9.52. The van der Waals surface area contributed by atoms with Crippen LogP contribution in [0.4, 0.5) is 0 Å². The average molecular weight is 213 g/mol. The van der Waals surface area contributed by atoms with Gasteiger partial charge >= 0.3 is 0 Å². The molecule has 0 aromatic rings. The van der Waals surface area contributed by atoms with Crippen molar-refractivity contribution in [2.45, 2.75) is 32.1 Å². The molecule has 2 fully saturated rings. The van der Waals surface area contributed by atoms with E-state index in [0.717, 1.165) is 25.3 Å². The van der Waals surface area contributed by atoms with E-state index in [2.05, 4.69) is 4.90 Å². The van der Waals surface area contributed by atoms with Crippen LogP contribution in [0.3, 0.4) is 0 Å². The Kier molecular flexibility index (Phi) is 3.74. The second-order valence-corrected chi connectivity index (χ2v) is 5.45. The minimum absolute atomic E-state index is 0.345. The number of amides is 1.